The number of anilines is 1. The van der Waals surface area contributed by atoms with Gasteiger partial charge >= 0.3 is 0 Å². The number of halogens is 1. The van der Waals surface area contributed by atoms with Crippen molar-refractivity contribution in [2.75, 3.05) is 18.2 Å². The Morgan fingerprint density at radius 2 is 1.51 bits per heavy atom. The molecule has 1 aliphatic heterocycles. The van der Waals surface area contributed by atoms with E-state index >= 15 is 0 Å². The molecule has 0 N–H and O–H groups in total. The number of nitrogens with zero attached hydrogens (tertiary/aromatic N) is 2. The van der Waals surface area contributed by atoms with Gasteiger partial charge in [0.1, 0.15) is 12.4 Å². The third-order valence-corrected chi connectivity index (χ3v) is 9.35. The molecule has 1 heterocycles. The molecule has 1 saturated carbocycles. The highest BCUT2D eigenvalue weighted by Gasteiger charge is 2.63. The highest BCUT2D eigenvalue weighted by molar-refractivity contribution is 7.94. The maximum Gasteiger partial charge on any atom is 0.263 e. The molecule has 1 fully saturated rings. The van der Waals surface area contributed by atoms with E-state index in [2.05, 4.69) is 0 Å². The summed E-state index contributed by atoms with van der Waals surface area (Å²) in [4.78, 5) is 42.3. The average molecular weight is 539 g/mol. The summed E-state index contributed by atoms with van der Waals surface area (Å²) in [6.45, 7) is 1.85. The van der Waals surface area contributed by atoms with E-state index in [4.69, 9.17) is 16.3 Å². The van der Waals surface area contributed by atoms with Gasteiger partial charge in [-0.2, -0.15) is 0 Å². The molecule has 3 amide bonds. The van der Waals surface area contributed by atoms with Crippen LogP contribution in [0.15, 0.2) is 77.7 Å². The Bertz CT molecular complexity index is 1460. The van der Waals surface area contributed by atoms with Gasteiger partial charge in [0, 0.05) is 10.7 Å². The highest BCUT2D eigenvalue weighted by Crippen LogP contribution is 2.49. The van der Waals surface area contributed by atoms with Crippen molar-refractivity contribution in [3.63, 3.8) is 0 Å². The summed E-state index contributed by atoms with van der Waals surface area (Å²) < 4.78 is 31.0. The average Bonchev–Trinajstić information content (AvgIpc) is 3.69. The Kier molecular flexibility index (Phi) is 6.29. The highest BCUT2D eigenvalue weighted by atomic mass is 35.5. The van der Waals surface area contributed by atoms with E-state index < -0.39 is 39.0 Å². The van der Waals surface area contributed by atoms with Crippen LogP contribution < -0.4 is 9.64 Å². The van der Waals surface area contributed by atoms with Crippen LogP contribution in [0.2, 0.25) is 5.02 Å². The predicted octanol–water partition coefficient (Wildman–Crippen LogP) is 4.33. The smallest absolute Gasteiger partial charge is 0.263 e. The van der Waals surface area contributed by atoms with Crippen LogP contribution in [0, 0.1) is 0 Å². The minimum Gasteiger partial charge on any atom is -0.494 e. The van der Waals surface area contributed by atoms with Crippen molar-refractivity contribution in [1.29, 1.82) is 0 Å². The van der Waals surface area contributed by atoms with Crippen LogP contribution in [0.3, 0.4) is 0 Å². The summed E-state index contributed by atoms with van der Waals surface area (Å²) >= 11 is 5.93. The topological polar surface area (TPSA) is 101 Å². The van der Waals surface area contributed by atoms with Crippen molar-refractivity contribution in [2.24, 2.45) is 0 Å². The third-order valence-electron chi connectivity index (χ3n) is 6.60. The molecule has 0 spiro atoms. The number of fused-ring (bicyclic) bond motifs is 1. The minimum atomic E-state index is -4.09. The first-order valence-electron chi connectivity index (χ1n) is 11.7. The minimum absolute atomic E-state index is 0.0184. The van der Waals surface area contributed by atoms with E-state index in [1.54, 1.807) is 48.5 Å². The molecule has 5 rings (SSSR count). The standard InChI is InChI=1S/C27H23ClN2O6S/c1-2-36-20-11-9-19(10-12-20)29(17-30-24(31)22-5-3-4-6-23(22)25(30)32)26(33)27(15-16-27)37(34,35)21-13-7-18(28)8-14-21/h3-14H,2,15-17H2,1H3. The van der Waals surface area contributed by atoms with Gasteiger partial charge in [-0.25, -0.2) is 8.42 Å². The van der Waals surface area contributed by atoms with Crippen LogP contribution in [0.5, 0.6) is 5.75 Å². The Balaban J connectivity index is 1.53. The lowest BCUT2D eigenvalue weighted by Crippen LogP contribution is -2.51. The molecular weight excluding hydrogens is 516 g/mol. The van der Waals surface area contributed by atoms with Crippen LogP contribution in [0.4, 0.5) is 5.69 Å². The summed E-state index contributed by atoms with van der Waals surface area (Å²) in [5.41, 5.74) is 0.811. The van der Waals surface area contributed by atoms with Gasteiger partial charge < -0.3 is 4.74 Å². The van der Waals surface area contributed by atoms with E-state index in [0.29, 0.717) is 23.1 Å². The predicted molar refractivity (Wildman–Crippen MR) is 138 cm³/mol. The number of sulfone groups is 1. The summed E-state index contributed by atoms with van der Waals surface area (Å²) in [6, 6.07) is 18.6. The molecule has 1 aliphatic carbocycles. The molecule has 0 aromatic heterocycles. The van der Waals surface area contributed by atoms with Crippen molar-refractivity contribution in [1.82, 2.24) is 4.90 Å². The van der Waals surface area contributed by atoms with Crippen LogP contribution in [0.25, 0.3) is 0 Å². The van der Waals surface area contributed by atoms with Crippen LogP contribution in [-0.4, -0.2) is 49.1 Å². The van der Waals surface area contributed by atoms with Gasteiger partial charge in [0.15, 0.2) is 14.6 Å². The second-order valence-electron chi connectivity index (χ2n) is 8.84. The number of rotatable bonds is 8. The SMILES string of the molecule is CCOc1ccc(N(CN2C(=O)c3ccccc3C2=O)C(=O)C2(S(=O)(=O)c3ccc(Cl)cc3)CC2)cc1. The zero-order chi connectivity index (χ0) is 26.4. The first kappa shape index (κ1) is 25.0. The summed E-state index contributed by atoms with van der Waals surface area (Å²) in [5, 5.41) is 0.372. The van der Waals surface area contributed by atoms with Gasteiger partial charge in [0.05, 0.1) is 22.6 Å². The van der Waals surface area contributed by atoms with E-state index in [1.807, 2.05) is 6.92 Å². The second kappa shape index (κ2) is 9.32. The molecule has 8 nitrogen and oxygen atoms in total. The monoisotopic (exact) mass is 538 g/mol. The maximum atomic E-state index is 14.0. The molecule has 3 aromatic carbocycles. The van der Waals surface area contributed by atoms with E-state index in [0.717, 1.165) is 4.90 Å². The van der Waals surface area contributed by atoms with Gasteiger partial charge in [0.25, 0.3) is 11.8 Å². The van der Waals surface area contributed by atoms with Gasteiger partial charge in [-0.1, -0.05) is 23.7 Å². The number of benzene rings is 3. The number of imide groups is 1. The van der Waals surface area contributed by atoms with Crippen molar-refractivity contribution in [3.05, 3.63) is 88.9 Å². The Morgan fingerprint density at radius 3 is 2.03 bits per heavy atom. The zero-order valence-corrected chi connectivity index (χ0v) is 21.5. The third kappa shape index (κ3) is 4.18. The van der Waals surface area contributed by atoms with Crippen LogP contribution >= 0.6 is 11.6 Å². The molecule has 0 radical (unpaired) electrons. The summed E-state index contributed by atoms with van der Waals surface area (Å²) in [6.07, 6.45) is 0.235. The molecule has 10 heteroatoms. The largest absolute Gasteiger partial charge is 0.494 e. The van der Waals surface area contributed by atoms with Crippen molar-refractivity contribution in [2.45, 2.75) is 29.4 Å². The van der Waals surface area contributed by atoms with Crippen LogP contribution in [-0.2, 0) is 14.6 Å². The maximum absolute atomic E-state index is 14.0. The lowest BCUT2D eigenvalue weighted by atomic mass is 10.1. The quantitative estimate of drug-likeness (QED) is 0.396. The van der Waals surface area contributed by atoms with E-state index in [-0.39, 0.29) is 28.9 Å². The summed E-state index contributed by atoms with van der Waals surface area (Å²) in [5.74, 6) is -1.23. The Labute approximate surface area is 219 Å². The molecule has 0 bridgehead atoms. The van der Waals surface area contributed by atoms with Crippen molar-refractivity contribution < 1.29 is 27.5 Å². The fourth-order valence-electron chi connectivity index (χ4n) is 4.46. The summed E-state index contributed by atoms with van der Waals surface area (Å²) in [7, 11) is -4.09. The fraction of sp³-hybridized carbons (Fsp3) is 0.222. The lowest BCUT2D eigenvalue weighted by Gasteiger charge is -2.30. The van der Waals surface area contributed by atoms with E-state index in [9.17, 15) is 22.8 Å². The molecule has 0 saturated heterocycles. The fourth-order valence-corrected chi connectivity index (χ4v) is 6.51. The zero-order valence-electron chi connectivity index (χ0n) is 19.9. The normalized spacial score (nSPS) is 15.9. The molecule has 37 heavy (non-hydrogen) atoms. The number of carbonyl (C=O) groups is 3. The Hall–Kier alpha value is -3.69. The molecule has 2 aliphatic rings. The van der Waals surface area contributed by atoms with Crippen molar-refractivity contribution in [3.8, 4) is 5.75 Å². The lowest BCUT2D eigenvalue weighted by molar-refractivity contribution is -0.119. The number of hydrogen-bond donors (Lipinski definition) is 0. The molecule has 190 valence electrons. The first-order chi connectivity index (χ1) is 17.7. The van der Waals surface area contributed by atoms with Crippen LogP contribution in [0.1, 0.15) is 40.5 Å². The Morgan fingerprint density at radius 1 is 0.946 bits per heavy atom. The molecule has 0 atom stereocenters. The van der Waals surface area contributed by atoms with Crippen molar-refractivity contribution >= 4 is 44.8 Å². The van der Waals surface area contributed by atoms with Gasteiger partial charge in [-0.05, 0) is 80.4 Å². The van der Waals surface area contributed by atoms with Gasteiger partial charge in [-0.15, -0.1) is 0 Å². The number of ether oxygens (including phenoxy) is 1. The van der Waals surface area contributed by atoms with E-state index in [1.165, 1.54) is 29.2 Å². The molecular formula is C27H23ClN2O6S. The first-order valence-corrected chi connectivity index (χ1v) is 13.6. The molecule has 0 unspecified atom stereocenters. The molecule has 3 aromatic rings. The van der Waals surface area contributed by atoms with Gasteiger partial charge in [0.2, 0.25) is 5.91 Å². The number of amides is 3. The number of carbonyl (C=O) groups excluding carboxylic acids is 3. The second-order valence-corrected chi connectivity index (χ2v) is 11.5. The van der Waals surface area contributed by atoms with Gasteiger partial charge in [-0.3, -0.25) is 24.2 Å². The number of hydrogen-bond acceptors (Lipinski definition) is 6.